The van der Waals surface area contributed by atoms with E-state index in [2.05, 4.69) is 26.6 Å². The summed E-state index contributed by atoms with van der Waals surface area (Å²) >= 11 is 0. The highest BCUT2D eigenvalue weighted by Gasteiger charge is 2.39. The van der Waals surface area contributed by atoms with Gasteiger partial charge in [0.15, 0.2) is 0 Å². The first-order valence-electron chi connectivity index (χ1n) is 20.3. The number of phenols is 1. The molecule has 0 unspecified atom stereocenters. The zero-order valence-corrected chi connectivity index (χ0v) is 34.3. The van der Waals surface area contributed by atoms with Crippen molar-refractivity contribution >= 4 is 47.0 Å². The second-order valence-electron chi connectivity index (χ2n) is 15.2. The average molecular weight is 843 g/mol. The summed E-state index contributed by atoms with van der Waals surface area (Å²) in [4.78, 5) is 94.5. The molecule has 0 bridgehead atoms. The van der Waals surface area contributed by atoms with Crippen LogP contribution in [-0.2, 0) is 52.8 Å². The number of hydrogen-bond acceptors (Lipinski definition) is 11. The number of nitrogen functional groups attached to an aromatic ring is 1. The number of aromatic hydroxyl groups is 1. The summed E-state index contributed by atoms with van der Waals surface area (Å²) in [6, 6.07) is 15.5. The topological polar surface area (TPSA) is 307 Å². The van der Waals surface area contributed by atoms with Gasteiger partial charge < -0.3 is 59.5 Å². The number of phenolic OH excluding ortho intramolecular Hbond substituents is 1. The lowest BCUT2D eigenvalue weighted by Gasteiger charge is -2.30. The van der Waals surface area contributed by atoms with Gasteiger partial charge in [0.25, 0.3) is 0 Å². The highest BCUT2D eigenvalue weighted by molar-refractivity contribution is 5.96. The van der Waals surface area contributed by atoms with Crippen molar-refractivity contribution in [2.24, 2.45) is 17.2 Å². The Hall–Kier alpha value is -6.53. The molecule has 1 aliphatic heterocycles. The molecule has 7 amide bonds. The van der Waals surface area contributed by atoms with E-state index in [9.17, 15) is 38.7 Å². The molecular weight excluding hydrogens is 785 g/mol. The standard InChI is InChI=1S/C43H58N10O8/c1-26(49-40(58)32(46)22-28-14-18-31(54)19-15-28)39(57)52-34(23-27-8-3-2-4-9-27)41(59)48-25-37(55)50-35(24-29-12-16-30(45)17-13-29)43(61)53-21-7-11-36(53)42(60)51-33(38(47)56)10-5-6-20-44/h2-4,8-9,12-19,26,32-36,54H,5-7,10-11,20-25,44-46H2,1H3,(H2,47,56)(H,48,59)(H,49,58)(H,50,55)(H,51,60)(H,52,57)/t26-,32+,33+,34+,35+,36+/m1/s1. The van der Waals surface area contributed by atoms with Crippen molar-refractivity contribution in [2.75, 3.05) is 25.4 Å². The van der Waals surface area contributed by atoms with Gasteiger partial charge in [-0.2, -0.15) is 0 Å². The number of nitrogens with one attached hydrogen (secondary N) is 5. The molecule has 3 aromatic rings. The molecule has 6 atom stereocenters. The maximum absolute atomic E-state index is 14.2. The van der Waals surface area contributed by atoms with Crippen LogP contribution >= 0.6 is 0 Å². The minimum absolute atomic E-state index is 0.0293. The van der Waals surface area contributed by atoms with Gasteiger partial charge >= 0.3 is 0 Å². The average Bonchev–Trinajstić information content (AvgIpc) is 3.74. The molecule has 1 heterocycles. The summed E-state index contributed by atoms with van der Waals surface area (Å²) in [6.45, 7) is 1.51. The zero-order chi connectivity index (χ0) is 44.5. The van der Waals surface area contributed by atoms with Crippen molar-refractivity contribution < 1.29 is 38.7 Å². The number of carbonyl (C=O) groups is 7. The summed E-state index contributed by atoms with van der Waals surface area (Å²) in [5.41, 5.74) is 25.7. The number of primary amides is 1. The van der Waals surface area contributed by atoms with E-state index in [0.29, 0.717) is 61.0 Å². The van der Waals surface area contributed by atoms with Gasteiger partial charge in [-0.1, -0.05) is 54.6 Å². The van der Waals surface area contributed by atoms with Crippen LogP contribution < -0.4 is 49.5 Å². The number of anilines is 1. The first kappa shape index (κ1) is 47.2. The van der Waals surface area contributed by atoms with Crippen molar-refractivity contribution in [1.82, 2.24) is 31.5 Å². The fourth-order valence-electron chi connectivity index (χ4n) is 6.90. The van der Waals surface area contributed by atoms with Gasteiger partial charge in [-0.05, 0) is 92.9 Å². The maximum atomic E-state index is 14.2. The monoisotopic (exact) mass is 842 g/mol. The largest absolute Gasteiger partial charge is 0.508 e. The summed E-state index contributed by atoms with van der Waals surface area (Å²) in [5, 5.41) is 22.7. The van der Waals surface area contributed by atoms with Gasteiger partial charge in [0.1, 0.15) is 36.0 Å². The van der Waals surface area contributed by atoms with Crippen molar-refractivity contribution in [3.05, 3.63) is 95.6 Å². The Kier molecular flexibility index (Phi) is 18.0. The molecule has 328 valence electrons. The maximum Gasteiger partial charge on any atom is 0.246 e. The number of likely N-dealkylation sites (tertiary alicyclic amines) is 1. The molecule has 18 heteroatoms. The number of hydrogen-bond donors (Lipinski definition) is 10. The van der Waals surface area contributed by atoms with Crippen LogP contribution in [0.1, 0.15) is 55.7 Å². The van der Waals surface area contributed by atoms with E-state index in [1.165, 1.54) is 24.0 Å². The summed E-state index contributed by atoms with van der Waals surface area (Å²) in [5.74, 6) is -4.42. The van der Waals surface area contributed by atoms with Crippen LogP contribution in [0.15, 0.2) is 78.9 Å². The third-order valence-electron chi connectivity index (χ3n) is 10.3. The molecule has 1 fully saturated rings. The van der Waals surface area contributed by atoms with Crippen LogP contribution in [0.5, 0.6) is 5.75 Å². The van der Waals surface area contributed by atoms with Crippen LogP contribution in [0, 0.1) is 0 Å². The lowest BCUT2D eigenvalue weighted by Crippen LogP contribution is -2.58. The third-order valence-corrected chi connectivity index (χ3v) is 10.3. The van der Waals surface area contributed by atoms with E-state index in [1.807, 2.05) is 0 Å². The molecule has 0 aliphatic carbocycles. The second-order valence-corrected chi connectivity index (χ2v) is 15.2. The van der Waals surface area contributed by atoms with Crippen LogP contribution in [0.25, 0.3) is 0 Å². The Morgan fingerprint density at radius 2 is 1.36 bits per heavy atom. The SMILES string of the molecule is C[C@@H](NC(=O)[C@@H](N)Cc1ccc(O)cc1)C(=O)N[C@@H](Cc1ccccc1)C(=O)NCC(=O)N[C@@H](Cc1ccc(N)cc1)C(=O)N1CCC[C@H]1C(=O)N[C@@H](CCCCN)C(N)=O. The van der Waals surface area contributed by atoms with Crippen molar-refractivity contribution in [1.29, 1.82) is 0 Å². The lowest BCUT2D eigenvalue weighted by molar-refractivity contribution is -0.142. The molecule has 0 saturated carbocycles. The molecule has 4 rings (SSSR count). The van der Waals surface area contributed by atoms with Gasteiger partial charge in [-0.15, -0.1) is 0 Å². The Balaban J connectivity index is 1.42. The minimum Gasteiger partial charge on any atom is -0.508 e. The van der Waals surface area contributed by atoms with Gasteiger partial charge in [0.05, 0.1) is 12.6 Å². The number of benzene rings is 3. The van der Waals surface area contributed by atoms with Gasteiger partial charge in [-0.25, -0.2) is 0 Å². The predicted octanol–water partition coefficient (Wildman–Crippen LogP) is -0.990. The molecular formula is C43H58N10O8. The van der Waals surface area contributed by atoms with E-state index in [4.69, 9.17) is 22.9 Å². The highest BCUT2D eigenvalue weighted by Crippen LogP contribution is 2.21. The normalized spacial score (nSPS) is 15.9. The van der Waals surface area contributed by atoms with Gasteiger partial charge in [-0.3, -0.25) is 33.6 Å². The molecule has 14 N–H and O–H groups in total. The van der Waals surface area contributed by atoms with E-state index in [0.717, 1.165) is 0 Å². The first-order valence-corrected chi connectivity index (χ1v) is 20.3. The summed E-state index contributed by atoms with van der Waals surface area (Å²) in [6.07, 6.45) is 2.55. The van der Waals surface area contributed by atoms with Crippen molar-refractivity contribution in [3.8, 4) is 5.75 Å². The first-order chi connectivity index (χ1) is 29.1. The lowest BCUT2D eigenvalue weighted by atomic mass is 10.0. The second kappa shape index (κ2) is 23.3. The summed E-state index contributed by atoms with van der Waals surface area (Å²) in [7, 11) is 0. The molecule has 0 spiro atoms. The smallest absolute Gasteiger partial charge is 0.246 e. The quantitative estimate of drug-likeness (QED) is 0.0433. The van der Waals surface area contributed by atoms with E-state index in [1.54, 1.807) is 66.7 Å². The number of rotatable bonds is 22. The molecule has 3 aromatic carbocycles. The molecule has 1 aliphatic rings. The van der Waals surface area contributed by atoms with Gasteiger partial charge in [0.2, 0.25) is 41.4 Å². The van der Waals surface area contributed by atoms with Crippen molar-refractivity contribution in [3.63, 3.8) is 0 Å². The minimum atomic E-state index is -1.18. The Labute approximate surface area is 354 Å². The molecule has 0 radical (unpaired) electrons. The number of nitrogens with zero attached hydrogens (tertiary/aromatic N) is 1. The van der Waals surface area contributed by atoms with Crippen LogP contribution in [-0.4, -0.2) is 107 Å². The molecule has 0 aromatic heterocycles. The Bertz CT molecular complexity index is 1970. The van der Waals surface area contributed by atoms with Crippen LogP contribution in [0.2, 0.25) is 0 Å². The molecule has 18 nitrogen and oxygen atoms in total. The Morgan fingerprint density at radius 3 is 2.02 bits per heavy atom. The summed E-state index contributed by atoms with van der Waals surface area (Å²) < 4.78 is 0. The van der Waals surface area contributed by atoms with Crippen molar-refractivity contribution in [2.45, 2.75) is 94.5 Å². The van der Waals surface area contributed by atoms with Crippen LogP contribution in [0.3, 0.4) is 0 Å². The number of amides is 7. The number of carbonyl (C=O) groups excluding carboxylic acids is 7. The van der Waals surface area contributed by atoms with E-state index >= 15 is 0 Å². The fraction of sp³-hybridized carbons (Fsp3) is 0.419. The van der Waals surface area contributed by atoms with Gasteiger partial charge in [0, 0.05) is 25.1 Å². The molecule has 1 saturated heterocycles. The highest BCUT2D eigenvalue weighted by atomic mass is 16.3. The van der Waals surface area contributed by atoms with Crippen LogP contribution in [0.4, 0.5) is 5.69 Å². The number of nitrogens with two attached hydrogens (primary N) is 4. The Morgan fingerprint density at radius 1 is 0.738 bits per heavy atom. The molecule has 61 heavy (non-hydrogen) atoms. The fourth-order valence-corrected chi connectivity index (χ4v) is 6.90. The van der Waals surface area contributed by atoms with E-state index < -0.39 is 84.1 Å². The third kappa shape index (κ3) is 14.9. The number of unbranched alkanes of at least 4 members (excludes halogenated alkanes) is 1. The van der Waals surface area contributed by atoms with E-state index in [-0.39, 0.29) is 31.6 Å². The zero-order valence-electron chi connectivity index (χ0n) is 34.3. The predicted molar refractivity (Wildman–Crippen MR) is 228 cm³/mol.